The van der Waals surface area contributed by atoms with E-state index in [1.165, 1.54) is 6.42 Å². The quantitative estimate of drug-likeness (QED) is 0.708. The summed E-state index contributed by atoms with van der Waals surface area (Å²) in [5.74, 6) is 0.0666. The zero-order valence-corrected chi connectivity index (χ0v) is 11.7. The Morgan fingerprint density at radius 3 is 3.11 bits per heavy atom. The van der Waals surface area contributed by atoms with Gasteiger partial charge in [0.1, 0.15) is 0 Å². The van der Waals surface area contributed by atoms with E-state index < -0.39 is 0 Å². The molecule has 1 atom stereocenters. The van der Waals surface area contributed by atoms with Crippen molar-refractivity contribution >= 4 is 35.0 Å². The number of fused-ring (bicyclic) bond motifs is 2. The average molecular weight is 280 g/mol. The molecule has 1 unspecified atom stereocenters. The summed E-state index contributed by atoms with van der Waals surface area (Å²) >= 11 is 7.91. The third kappa shape index (κ3) is 1.95. The maximum Gasteiger partial charge on any atom is 0.228 e. The summed E-state index contributed by atoms with van der Waals surface area (Å²) < 4.78 is 0. The standard InChI is InChI=1S/C14H14ClNOS/c1-9(17)16-11-4-2-3-5-13(11)18-14-7-6-10(15)8-12(14)16/h4,6-8,13H,2-3,5H2,1H3. The molecule has 0 saturated heterocycles. The summed E-state index contributed by atoms with van der Waals surface area (Å²) in [4.78, 5) is 14.9. The minimum absolute atomic E-state index is 0.0666. The maximum atomic E-state index is 12.0. The Hall–Kier alpha value is -0.930. The normalized spacial score (nSPS) is 22.0. The van der Waals surface area contributed by atoms with E-state index in [2.05, 4.69) is 6.08 Å². The van der Waals surface area contributed by atoms with Crippen molar-refractivity contribution in [2.24, 2.45) is 0 Å². The van der Waals surface area contributed by atoms with Gasteiger partial charge in [-0.3, -0.25) is 9.69 Å². The second-order valence-corrected chi connectivity index (χ2v) is 6.31. The molecule has 94 valence electrons. The molecular formula is C14H14ClNOS. The lowest BCUT2D eigenvalue weighted by Gasteiger charge is -2.38. The van der Waals surface area contributed by atoms with Gasteiger partial charge in [0.15, 0.2) is 0 Å². The second kappa shape index (κ2) is 4.63. The summed E-state index contributed by atoms with van der Waals surface area (Å²) in [6, 6.07) is 5.80. The summed E-state index contributed by atoms with van der Waals surface area (Å²) in [5, 5.41) is 1.09. The SMILES string of the molecule is CC(=O)N1C2=CCCCC2Sc2ccc(Cl)cc21. The molecule has 0 N–H and O–H groups in total. The van der Waals surface area contributed by atoms with Gasteiger partial charge >= 0.3 is 0 Å². The molecule has 2 nitrogen and oxygen atoms in total. The number of hydrogen-bond acceptors (Lipinski definition) is 2. The molecule has 1 heterocycles. The summed E-state index contributed by atoms with van der Waals surface area (Å²) in [7, 11) is 0. The molecule has 1 aliphatic heterocycles. The molecule has 0 aromatic heterocycles. The highest BCUT2D eigenvalue weighted by molar-refractivity contribution is 8.00. The number of amides is 1. The van der Waals surface area contributed by atoms with Gasteiger partial charge in [-0.1, -0.05) is 17.7 Å². The second-order valence-electron chi connectivity index (χ2n) is 4.63. The van der Waals surface area contributed by atoms with Gasteiger partial charge in [-0.05, 0) is 37.5 Å². The van der Waals surface area contributed by atoms with Crippen LogP contribution < -0.4 is 4.90 Å². The fraction of sp³-hybridized carbons (Fsp3) is 0.357. The molecule has 0 bridgehead atoms. The predicted octanol–water partition coefficient (Wildman–Crippen LogP) is 4.24. The first-order valence-corrected chi connectivity index (χ1v) is 7.39. The highest BCUT2D eigenvalue weighted by atomic mass is 35.5. The molecule has 3 rings (SSSR count). The Morgan fingerprint density at radius 2 is 2.33 bits per heavy atom. The van der Waals surface area contributed by atoms with Crippen LogP contribution in [0.25, 0.3) is 0 Å². The topological polar surface area (TPSA) is 20.3 Å². The van der Waals surface area contributed by atoms with Crippen molar-refractivity contribution in [3.8, 4) is 0 Å². The summed E-state index contributed by atoms with van der Waals surface area (Å²) in [6.45, 7) is 1.62. The first kappa shape index (κ1) is 12.1. The Morgan fingerprint density at radius 1 is 1.50 bits per heavy atom. The molecule has 0 saturated carbocycles. The Balaban J connectivity index is 2.15. The number of thioether (sulfide) groups is 1. The zero-order chi connectivity index (χ0) is 12.7. The van der Waals surface area contributed by atoms with E-state index in [-0.39, 0.29) is 5.91 Å². The van der Waals surface area contributed by atoms with Crippen LogP contribution in [0.1, 0.15) is 26.2 Å². The molecule has 4 heteroatoms. The van der Waals surface area contributed by atoms with Crippen LogP contribution in [0.3, 0.4) is 0 Å². The third-order valence-electron chi connectivity index (χ3n) is 3.36. The van der Waals surface area contributed by atoms with E-state index in [9.17, 15) is 4.79 Å². The molecule has 2 aliphatic rings. The van der Waals surface area contributed by atoms with Crippen molar-refractivity contribution in [2.75, 3.05) is 4.90 Å². The molecule has 0 radical (unpaired) electrons. The van der Waals surface area contributed by atoms with Gasteiger partial charge in [-0.2, -0.15) is 0 Å². The number of hydrogen-bond donors (Lipinski definition) is 0. The van der Waals surface area contributed by atoms with Crippen molar-refractivity contribution in [1.29, 1.82) is 0 Å². The fourth-order valence-electron chi connectivity index (χ4n) is 2.60. The first-order chi connectivity index (χ1) is 8.66. The maximum absolute atomic E-state index is 12.0. The Labute approximate surface area is 116 Å². The van der Waals surface area contributed by atoms with E-state index in [1.54, 1.807) is 6.92 Å². The van der Waals surface area contributed by atoms with E-state index in [0.717, 1.165) is 29.1 Å². The van der Waals surface area contributed by atoms with Crippen LogP contribution in [0, 0.1) is 0 Å². The number of rotatable bonds is 0. The summed E-state index contributed by atoms with van der Waals surface area (Å²) in [6.07, 6.45) is 5.61. The number of halogens is 1. The Kier molecular flexibility index (Phi) is 3.12. The molecule has 18 heavy (non-hydrogen) atoms. The monoisotopic (exact) mass is 279 g/mol. The number of anilines is 1. The van der Waals surface area contributed by atoms with Gasteiger partial charge in [-0.25, -0.2) is 0 Å². The van der Waals surface area contributed by atoms with E-state index in [0.29, 0.717) is 10.3 Å². The van der Waals surface area contributed by atoms with E-state index in [1.807, 2.05) is 34.9 Å². The van der Waals surface area contributed by atoms with Crippen LogP contribution in [-0.2, 0) is 4.79 Å². The van der Waals surface area contributed by atoms with Gasteiger partial charge in [0.05, 0.1) is 5.69 Å². The molecule has 1 amide bonds. The van der Waals surface area contributed by atoms with Crippen LogP contribution in [0.2, 0.25) is 5.02 Å². The van der Waals surface area contributed by atoms with Crippen molar-refractivity contribution < 1.29 is 4.79 Å². The van der Waals surface area contributed by atoms with Gasteiger partial charge in [0.2, 0.25) is 5.91 Å². The van der Waals surface area contributed by atoms with Crippen LogP contribution in [0.5, 0.6) is 0 Å². The van der Waals surface area contributed by atoms with Crippen LogP contribution in [0.15, 0.2) is 34.9 Å². The van der Waals surface area contributed by atoms with Crippen molar-refractivity contribution in [2.45, 2.75) is 36.3 Å². The molecule has 0 spiro atoms. The largest absolute Gasteiger partial charge is 0.283 e. The molecular weight excluding hydrogens is 266 g/mol. The van der Waals surface area contributed by atoms with Gasteiger partial charge in [-0.15, -0.1) is 11.8 Å². The average Bonchev–Trinajstić information content (AvgIpc) is 2.35. The number of carbonyl (C=O) groups excluding carboxylic acids is 1. The molecule has 1 aliphatic carbocycles. The predicted molar refractivity (Wildman–Crippen MR) is 76.2 cm³/mol. The minimum atomic E-state index is 0.0666. The van der Waals surface area contributed by atoms with Gasteiger partial charge in [0.25, 0.3) is 0 Å². The third-order valence-corrected chi connectivity index (χ3v) is 4.95. The van der Waals surface area contributed by atoms with Crippen LogP contribution in [-0.4, -0.2) is 11.2 Å². The molecule has 0 fully saturated rings. The zero-order valence-electron chi connectivity index (χ0n) is 10.1. The van der Waals surface area contributed by atoms with Crippen molar-refractivity contribution in [3.05, 3.63) is 35.0 Å². The van der Waals surface area contributed by atoms with E-state index in [4.69, 9.17) is 11.6 Å². The highest BCUT2D eigenvalue weighted by Crippen LogP contribution is 2.47. The number of nitrogens with zero attached hydrogens (tertiary/aromatic N) is 1. The fourth-order valence-corrected chi connectivity index (χ4v) is 4.09. The Bertz CT molecular complexity index is 541. The van der Waals surface area contributed by atoms with Gasteiger partial charge < -0.3 is 0 Å². The molecule has 1 aromatic carbocycles. The lowest BCUT2D eigenvalue weighted by Crippen LogP contribution is -2.37. The van der Waals surface area contributed by atoms with Gasteiger partial charge in [0, 0.05) is 27.8 Å². The number of benzene rings is 1. The lowest BCUT2D eigenvalue weighted by atomic mass is 10.0. The highest BCUT2D eigenvalue weighted by Gasteiger charge is 2.33. The van der Waals surface area contributed by atoms with Crippen molar-refractivity contribution in [3.63, 3.8) is 0 Å². The molecule has 1 aromatic rings. The number of allylic oxidation sites excluding steroid dienone is 1. The van der Waals surface area contributed by atoms with Crippen molar-refractivity contribution in [1.82, 2.24) is 0 Å². The lowest BCUT2D eigenvalue weighted by molar-refractivity contribution is -0.116. The minimum Gasteiger partial charge on any atom is -0.283 e. The summed E-state index contributed by atoms with van der Waals surface area (Å²) in [5.41, 5.74) is 2.08. The smallest absolute Gasteiger partial charge is 0.228 e. The van der Waals surface area contributed by atoms with Crippen LogP contribution in [0.4, 0.5) is 5.69 Å². The number of carbonyl (C=O) groups is 1. The van der Waals surface area contributed by atoms with Crippen LogP contribution >= 0.6 is 23.4 Å². The first-order valence-electron chi connectivity index (χ1n) is 6.14. The van der Waals surface area contributed by atoms with E-state index >= 15 is 0 Å².